The number of carbonyl (C=O) groups excluding carboxylic acids is 1. The average Bonchev–Trinajstić information content (AvgIpc) is 2.68. The minimum Gasteiger partial charge on any atom is -0.497 e. The largest absolute Gasteiger partial charge is 0.497 e. The highest BCUT2D eigenvalue weighted by Crippen LogP contribution is 2.28. The molecule has 0 amide bonds. The predicted octanol–water partition coefficient (Wildman–Crippen LogP) is 2.91. The van der Waals surface area contributed by atoms with Crippen molar-refractivity contribution in [1.29, 1.82) is 0 Å². The second kappa shape index (κ2) is 9.72. The fourth-order valence-electron chi connectivity index (χ4n) is 2.42. The summed E-state index contributed by atoms with van der Waals surface area (Å²) < 4.78 is 28.4. The number of methoxy groups -OCH3 is 3. The Hall–Kier alpha value is -2.87. The molecule has 0 aliphatic carbocycles. The fourth-order valence-corrected chi connectivity index (χ4v) is 2.67. The van der Waals surface area contributed by atoms with Crippen LogP contribution in [-0.2, 0) is 16.0 Å². The van der Waals surface area contributed by atoms with Gasteiger partial charge in [0.25, 0.3) is 0 Å². The summed E-state index contributed by atoms with van der Waals surface area (Å²) in [5, 5.41) is 6.12. The van der Waals surface area contributed by atoms with E-state index in [2.05, 4.69) is 10.6 Å². The normalized spacial score (nSPS) is 11.3. The molecule has 2 aromatic rings. The van der Waals surface area contributed by atoms with Crippen LogP contribution in [0.2, 0.25) is 0 Å². The Balaban J connectivity index is 2.11. The van der Waals surface area contributed by atoms with Gasteiger partial charge in [0, 0.05) is 12.5 Å². The smallest absolute Gasteiger partial charge is 0.328 e. The van der Waals surface area contributed by atoms with Gasteiger partial charge in [0.05, 0.1) is 27.0 Å². The van der Waals surface area contributed by atoms with E-state index in [1.54, 1.807) is 37.4 Å². The van der Waals surface area contributed by atoms with Crippen LogP contribution in [0.15, 0.2) is 42.5 Å². The lowest BCUT2D eigenvalue weighted by Gasteiger charge is -2.20. The number of nitrogens with one attached hydrogen (secondary N) is 2. The molecule has 1 unspecified atom stereocenters. The summed E-state index contributed by atoms with van der Waals surface area (Å²) in [6.07, 6.45) is 0.282. The first-order valence-electron chi connectivity index (χ1n) is 8.08. The summed E-state index contributed by atoms with van der Waals surface area (Å²) >= 11 is 5.32. The first-order valence-corrected chi connectivity index (χ1v) is 8.49. The van der Waals surface area contributed by atoms with Crippen LogP contribution in [0.1, 0.15) is 5.56 Å². The molecule has 6 nitrogen and oxygen atoms in total. The zero-order valence-corrected chi connectivity index (χ0v) is 16.1. The number of ether oxygens (including phenoxy) is 3. The van der Waals surface area contributed by atoms with Crippen LogP contribution in [0.5, 0.6) is 11.5 Å². The molecular formula is C19H21FN2O4S. The molecule has 0 radical (unpaired) electrons. The third-order valence-corrected chi connectivity index (χ3v) is 4.02. The third-order valence-electron chi connectivity index (χ3n) is 3.80. The van der Waals surface area contributed by atoms with Gasteiger partial charge < -0.3 is 24.8 Å². The van der Waals surface area contributed by atoms with Gasteiger partial charge in [0.15, 0.2) is 5.11 Å². The van der Waals surface area contributed by atoms with E-state index in [1.165, 1.54) is 26.4 Å². The van der Waals surface area contributed by atoms with Crippen molar-refractivity contribution in [1.82, 2.24) is 5.32 Å². The molecule has 2 N–H and O–H groups in total. The number of rotatable bonds is 7. The van der Waals surface area contributed by atoms with Gasteiger partial charge in [-0.1, -0.05) is 12.1 Å². The maximum atomic E-state index is 13.1. The van der Waals surface area contributed by atoms with E-state index in [9.17, 15) is 9.18 Å². The molecule has 8 heteroatoms. The Morgan fingerprint density at radius 3 is 2.41 bits per heavy atom. The number of benzene rings is 2. The van der Waals surface area contributed by atoms with Gasteiger partial charge in [0.1, 0.15) is 23.4 Å². The van der Waals surface area contributed by atoms with Crippen molar-refractivity contribution in [3.8, 4) is 11.5 Å². The lowest BCUT2D eigenvalue weighted by atomic mass is 10.1. The molecule has 2 aromatic carbocycles. The number of esters is 1. The summed E-state index contributed by atoms with van der Waals surface area (Å²) in [7, 11) is 4.39. The van der Waals surface area contributed by atoms with Crippen LogP contribution >= 0.6 is 12.2 Å². The zero-order valence-electron chi connectivity index (χ0n) is 15.2. The van der Waals surface area contributed by atoms with Crippen LogP contribution in [0, 0.1) is 5.82 Å². The molecule has 144 valence electrons. The van der Waals surface area contributed by atoms with Gasteiger partial charge in [-0.3, -0.25) is 0 Å². The van der Waals surface area contributed by atoms with Crippen LogP contribution in [0.4, 0.5) is 10.1 Å². The molecule has 1 atom stereocenters. The molecule has 0 bridgehead atoms. The molecule has 0 fully saturated rings. The highest BCUT2D eigenvalue weighted by Gasteiger charge is 2.21. The molecule has 0 saturated heterocycles. The number of anilines is 1. The number of halogens is 1. The highest BCUT2D eigenvalue weighted by molar-refractivity contribution is 7.80. The summed E-state index contributed by atoms with van der Waals surface area (Å²) in [5.74, 6) is 0.356. The summed E-state index contributed by atoms with van der Waals surface area (Å²) in [5.41, 5.74) is 1.35. The maximum absolute atomic E-state index is 13.1. The molecule has 27 heavy (non-hydrogen) atoms. The fraction of sp³-hybridized carbons (Fsp3) is 0.263. The number of carbonyl (C=O) groups is 1. The van der Waals surface area contributed by atoms with E-state index in [0.29, 0.717) is 17.2 Å². The molecule has 0 aliphatic heterocycles. The first-order chi connectivity index (χ1) is 13.0. The SMILES string of the molecule is COC(=O)C(Cc1ccc(F)cc1)NC(=S)Nc1cc(OC)ccc1OC. The summed E-state index contributed by atoms with van der Waals surface area (Å²) in [6.45, 7) is 0. The van der Waals surface area contributed by atoms with E-state index in [-0.39, 0.29) is 17.4 Å². The van der Waals surface area contributed by atoms with Crippen molar-refractivity contribution in [3.63, 3.8) is 0 Å². The van der Waals surface area contributed by atoms with Crippen LogP contribution in [0.25, 0.3) is 0 Å². The Kier molecular flexibility index (Phi) is 7.36. The average molecular weight is 392 g/mol. The number of thiocarbonyl (C=S) groups is 1. The topological polar surface area (TPSA) is 68.8 Å². The van der Waals surface area contributed by atoms with Crippen molar-refractivity contribution in [2.24, 2.45) is 0 Å². The zero-order chi connectivity index (χ0) is 19.8. The standard InChI is InChI=1S/C19H21FN2O4S/c1-24-14-8-9-17(25-2)15(11-14)21-19(27)22-16(18(23)26-3)10-12-4-6-13(20)7-5-12/h4-9,11,16H,10H2,1-3H3,(H2,21,22,27). The molecule has 2 rings (SSSR count). The Labute approximate surface area is 162 Å². The van der Waals surface area contributed by atoms with Gasteiger partial charge >= 0.3 is 5.97 Å². The molecular weight excluding hydrogens is 371 g/mol. The minimum absolute atomic E-state index is 0.207. The monoisotopic (exact) mass is 392 g/mol. The second-order valence-electron chi connectivity index (χ2n) is 5.57. The lowest BCUT2D eigenvalue weighted by Crippen LogP contribution is -2.44. The van der Waals surface area contributed by atoms with Crippen molar-refractivity contribution >= 4 is 29.0 Å². The minimum atomic E-state index is -0.739. The van der Waals surface area contributed by atoms with Crippen molar-refractivity contribution < 1.29 is 23.4 Å². The molecule has 0 aromatic heterocycles. The van der Waals surface area contributed by atoms with E-state index in [4.69, 9.17) is 26.4 Å². The molecule has 0 spiro atoms. The van der Waals surface area contributed by atoms with Gasteiger partial charge in [-0.05, 0) is 42.0 Å². The van der Waals surface area contributed by atoms with Crippen LogP contribution in [0.3, 0.4) is 0 Å². The second-order valence-corrected chi connectivity index (χ2v) is 5.98. The highest BCUT2D eigenvalue weighted by atomic mass is 32.1. The lowest BCUT2D eigenvalue weighted by molar-refractivity contribution is -0.142. The van der Waals surface area contributed by atoms with Crippen molar-refractivity contribution in [3.05, 3.63) is 53.8 Å². The number of hydrogen-bond acceptors (Lipinski definition) is 5. The third kappa shape index (κ3) is 5.82. The molecule has 0 heterocycles. The Morgan fingerprint density at radius 2 is 1.81 bits per heavy atom. The van der Waals surface area contributed by atoms with Crippen LogP contribution in [-0.4, -0.2) is 38.5 Å². The van der Waals surface area contributed by atoms with Crippen LogP contribution < -0.4 is 20.1 Å². The van der Waals surface area contributed by atoms with Gasteiger partial charge in [-0.15, -0.1) is 0 Å². The van der Waals surface area contributed by atoms with Gasteiger partial charge in [-0.25, -0.2) is 9.18 Å². The van der Waals surface area contributed by atoms with E-state index >= 15 is 0 Å². The number of hydrogen-bond donors (Lipinski definition) is 2. The Bertz CT molecular complexity index is 799. The van der Waals surface area contributed by atoms with Gasteiger partial charge in [-0.2, -0.15) is 0 Å². The van der Waals surface area contributed by atoms with Crippen molar-refractivity contribution in [2.75, 3.05) is 26.6 Å². The predicted molar refractivity (Wildman–Crippen MR) is 105 cm³/mol. The Morgan fingerprint density at radius 1 is 1.11 bits per heavy atom. The molecule has 0 saturated carbocycles. The van der Waals surface area contributed by atoms with Crippen molar-refractivity contribution in [2.45, 2.75) is 12.5 Å². The molecule has 0 aliphatic rings. The first kappa shape index (κ1) is 20.4. The van der Waals surface area contributed by atoms with E-state index in [0.717, 1.165) is 5.56 Å². The van der Waals surface area contributed by atoms with Gasteiger partial charge in [0.2, 0.25) is 0 Å². The van der Waals surface area contributed by atoms with E-state index in [1.807, 2.05) is 0 Å². The maximum Gasteiger partial charge on any atom is 0.328 e. The summed E-state index contributed by atoms with van der Waals surface area (Å²) in [6, 6.07) is 10.4. The van der Waals surface area contributed by atoms with E-state index < -0.39 is 12.0 Å². The quantitative estimate of drug-likeness (QED) is 0.555. The summed E-state index contributed by atoms with van der Waals surface area (Å²) in [4.78, 5) is 12.1.